The van der Waals surface area contributed by atoms with Crippen LogP contribution in [0.3, 0.4) is 0 Å². The van der Waals surface area contributed by atoms with Gasteiger partial charge >= 0.3 is 0 Å². The molecule has 1 aromatic heterocycles. The van der Waals surface area contributed by atoms with Gasteiger partial charge in [-0.25, -0.2) is 4.39 Å². The Morgan fingerprint density at radius 1 is 1.22 bits per heavy atom. The van der Waals surface area contributed by atoms with E-state index in [1.54, 1.807) is 12.3 Å². The lowest BCUT2D eigenvalue weighted by Gasteiger charge is -2.30. The summed E-state index contributed by atoms with van der Waals surface area (Å²) in [6.45, 7) is 0. The molecular formula is C17H18FNO3S. The van der Waals surface area contributed by atoms with Gasteiger partial charge in [-0.2, -0.15) is 8.42 Å². The van der Waals surface area contributed by atoms with Crippen molar-refractivity contribution in [2.45, 2.75) is 43.3 Å². The third-order valence-electron chi connectivity index (χ3n) is 5.63. The summed E-state index contributed by atoms with van der Waals surface area (Å²) in [7, 11) is -3.92. The molecule has 0 bridgehead atoms. The quantitative estimate of drug-likeness (QED) is 0.850. The molecule has 2 aliphatic rings. The van der Waals surface area contributed by atoms with E-state index in [4.69, 9.17) is 0 Å². The number of hydrogen-bond donors (Lipinski definition) is 1. The van der Waals surface area contributed by atoms with Crippen LogP contribution >= 0.6 is 0 Å². The van der Waals surface area contributed by atoms with Crippen molar-refractivity contribution in [3.8, 4) is 0 Å². The van der Waals surface area contributed by atoms with Gasteiger partial charge in [-0.15, -0.1) is 0 Å². The molecule has 0 saturated heterocycles. The molecule has 1 atom stereocenters. The predicted octanol–water partition coefficient (Wildman–Crippen LogP) is 3.68. The molecular weight excluding hydrogens is 317 g/mol. The van der Waals surface area contributed by atoms with Crippen molar-refractivity contribution < 1.29 is 17.4 Å². The number of benzene rings is 1. The first kappa shape index (κ1) is 15.0. The van der Waals surface area contributed by atoms with Crippen LogP contribution in [-0.4, -0.2) is 23.2 Å². The lowest BCUT2D eigenvalue weighted by molar-refractivity contribution is 0.304. The zero-order valence-electron chi connectivity index (χ0n) is 12.6. The van der Waals surface area contributed by atoms with Gasteiger partial charge in [-0.3, -0.25) is 9.54 Å². The van der Waals surface area contributed by atoms with Crippen molar-refractivity contribution in [1.29, 1.82) is 0 Å². The van der Waals surface area contributed by atoms with Gasteiger partial charge in [-0.1, -0.05) is 0 Å². The maximum Gasteiger partial charge on any atom is 0.268 e. The number of fused-ring (bicyclic) bond motifs is 1. The standard InChI is InChI=1S/C17H18FNO3S/c18-12-1-2-15-14(9-12)13(5-8-19-15)11-3-6-17(7-4-11)10-16(17)23(20,21)22/h1-2,5,8-9,11,16H,3-4,6-7,10H2,(H,20,21,22). The highest BCUT2D eigenvalue weighted by Crippen LogP contribution is 2.61. The van der Waals surface area contributed by atoms with Gasteiger partial charge in [0.1, 0.15) is 5.82 Å². The number of pyridine rings is 1. The molecule has 1 unspecified atom stereocenters. The van der Waals surface area contributed by atoms with Gasteiger partial charge < -0.3 is 0 Å². The molecule has 1 N–H and O–H groups in total. The second-order valence-electron chi connectivity index (χ2n) is 6.91. The molecule has 1 heterocycles. The van der Waals surface area contributed by atoms with Gasteiger partial charge in [0.15, 0.2) is 0 Å². The first-order valence-corrected chi connectivity index (χ1v) is 9.40. The van der Waals surface area contributed by atoms with Crippen molar-refractivity contribution in [2.24, 2.45) is 5.41 Å². The van der Waals surface area contributed by atoms with Crippen LogP contribution in [-0.2, 0) is 10.1 Å². The summed E-state index contributed by atoms with van der Waals surface area (Å²) in [4.78, 5) is 4.28. The van der Waals surface area contributed by atoms with Gasteiger partial charge in [-0.05, 0) is 73.3 Å². The lowest BCUT2D eigenvalue weighted by atomic mass is 9.76. The minimum absolute atomic E-state index is 0.224. The van der Waals surface area contributed by atoms with E-state index < -0.39 is 15.4 Å². The van der Waals surface area contributed by atoms with Gasteiger partial charge in [0.2, 0.25) is 0 Å². The zero-order chi connectivity index (χ0) is 16.2. The molecule has 0 aliphatic heterocycles. The van der Waals surface area contributed by atoms with E-state index in [-0.39, 0.29) is 17.2 Å². The average Bonchev–Trinajstić information content (AvgIpc) is 3.22. The van der Waals surface area contributed by atoms with Crippen LogP contribution in [0.5, 0.6) is 0 Å². The third kappa shape index (κ3) is 2.54. The molecule has 1 spiro atoms. The largest absolute Gasteiger partial charge is 0.285 e. The van der Waals surface area contributed by atoms with E-state index in [1.165, 1.54) is 12.1 Å². The Labute approximate surface area is 134 Å². The maximum atomic E-state index is 13.6. The van der Waals surface area contributed by atoms with E-state index in [2.05, 4.69) is 4.98 Å². The molecule has 4 rings (SSSR count). The molecule has 4 nitrogen and oxygen atoms in total. The minimum atomic E-state index is -3.92. The summed E-state index contributed by atoms with van der Waals surface area (Å²) >= 11 is 0. The van der Waals surface area contributed by atoms with E-state index in [1.807, 2.05) is 6.07 Å². The number of halogens is 1. The fourth-order valence-corrected chi connectivity index (χ4v) is 5.67. The molecule has 2 aromatic rings. The average molecular weight is 335 g/mol. The van der Waals surface area contributed by atoms with Crippen LogP contribution in [0.15, 0.2) is 30.5 Å². The minimum Gasteiger partial charge on any atom is -0.285 e. The van der Waals surface area contributed by atoms with Crippen LogP contribution in [0, 0.1) is 11.2 Å². The Morgan fingerprint density at radius 3 is 2.61 bits per heavy atom. The van der Waals surface area contributed by atoms with Crippen molar-refractivity contribution in [2.75, 3.05) is 0 Å². The molecule has 122 valence electrons. The van der Waals surface area contributed by atoms with E-state index in [0.29, 0.717) is 6.42 Å². The lowest BCUT2D eigenvalue weighted by Crippen LogP contribution is -2.21. The topological polar surface area (TPSA) is 67.3 Å². The smallest absolute Gasteiger partial charge is 0.268 e. The third-order valence-corrected chi connectivity index (χ3v) is 7.02. The van der Waals surface area contributed by atoms with Gasteiger partial charge in [0, 0.05) is 11.6 Å². The number of aromatic nitrogens is 1. The molecule has 2 aliphatic carbocycles. The normalized spacial score (nSPS) is 30.7. The molecule has 6 heteroatoms. The Balaban J connectivity index is 1.59. The molecule has 2 saturated carbocycles. The summed E-state index contributed by atoms with van der Waals surface area (Å²) in [5, 5.41) is 0.262. The van der Waals surface area contributed by atoms with Crippen LogP contribution < -0.4 is 0 Å². The Bertz CT molecular complexity index is 873. The Morgan fingerprint density at radius 2 is 1.96 bits per heavy atom. The number of hydrogen-bond acceptors (Lipinski definition) is 3. The van der Waals surface area contributed by atoms with Crippen LogP contribution in [0.25, 0.3) is 10.9 Å². The predicted molar refractivity (Wildman–Crippen MR) is 85.3 cm³/mol. The SMILES string of the molecule is O=S(=O)(O)C1CC12CCC(c1ccnc3ccc(F)cc13)CC2. The first-order valence-electron chi connectivity index (χ1n) is 7.90. The Kier molecular flexibility index (Phi) is 3.25. The highest BCUT2D eigenvalue weighted by Gasteiger charge is 2.61. The van der Waals surface area contributed by atoms with Crippen LogP contribution in [0.1, 0.15) is 43.6 Å². The molecule has 0 radical (unpaired) electrons. The maximum absolute atomic E-state index is 13.6. The summed E-state index contributed by atoms with van der Waals surface area (Å²) < 4.78 is 45.5. The monoisotopic (exact) mass is 335 g/mol. The fraction of sp³-hybridized carbons (Fsp3) is 0.471. The number of nitrogens with zero attached hydrogens (tertiary/aromatic N) is 1. The summed E-state index contributed by atoms with van der Waals surface area (Å²) in [5.74, 6) is 0.0169. The van der Waals surface area contributed by atoms with Crippen LogP contribution in [0.4, 0.5) is 4.39 Å². The summed E-state index contributed by atoms with van der Waals surface area (Å²) in [5.41, 5.74) is 1.65. The summed E-state index contributed by atoms with van der Waals surface area (Å²) in [6.07, 6.45) is 5.63. The molecule has 2 fully saturated rings. The van der Waals surface area contributed by atoms with E-state index in [0.717, 1.165) is 42.1 Å². The highest BCUT2D eigenvalue weighted by atomic mass is 32.2. The van der Waals surface area contributed by atoms with Gasteiger partial charge in [0.25, 0.3) is 10.1 Å². The van der Waals surface area contributed by atoms with Crippen LogP contribution in [0.2, 0.25) is 0 Å². The fourth-order valence-electron chi connectivity index (χ4n) is 4.26. The Hall–Kier alpha value is -1.53. The second kappa shape index (κ2) is 4.98. The van der Waals surface area contributed by atoms with Crippen molar-refractivity contribution in [3.05, 3.63) is 41.8 Å². The molecule has 0 amide bonds. The number of rotatable bonds is 2. The molecule has 23 heavy (non-hydrogen) atoms. The van der Waals surface area contributed by atoms with Crippen molar-refractivity contribution in [1.82, 2.24) is 4.98 Å². The zero-order valence-corrected chi connectivity index (χ0v) is 13.4. The van der Waals surface area contributed by atoms with Crippen molar-refractivity contribution >= 4 is 21.0 Å². The summed E-state index contributed by atoms with van der Waals surface area (Å²) in [6, 6.07) is 6.57. The first-order chi connectivity index (χ1) is 10.9. The van der Waals surface area contributed by atoms with E-state index in [9.17, 15) is 17.4 Å². The van der Waals surface area contributed by atoms with E-state index >= 15 is 0 Å². The van der Waals surface area contributed by atoms with Crippen molar-refractivity contribution in [3.63, 3.8) is 0 Å². The highest BCUT2D eigenvalue weighted by molar-refractivity contribution is 7.86. The second-order valence-corrected chi connectivity index (χ2v) is 8.51. The molecule has 1 aromatic carbocycles. The van der Waals surface area contributed by atoms with Gasteiger partial charge in [0.05, 0.1) is 10.8 Å².